The summed E-state index contributed by atoms with van der Waals surface area (Å²) in [6.45, 7) is 1.61. The predicted molar refractivity (Wildman–Crippen MR) is 65.5 cm³/mol. The van der Waals surface area contributed by atoms with Gasteiger partial charge in [-0.15, -0.1) is 0 Å². The van der Waals surface area contributed by atoms with Crippen molar-refractivity contribution in [3.05, 3.63) is 32.6 Å². The van der Waals surface area contributed by atoms with Gasteiger partial charge in [0.1, 0.15) is 0 Å². The quantitative estimate of drug-likeness (QED) is 0.665. The first-order chi connectivity index (χ1) is 8.52. The van der Waals surface area contributed by atoms with Gasteiger partial charge in [-0.3, -0.25) is 14.3 Å². The Bertz CT molecular complexity index is 534. The number of nitrogens with zero attached hydrogens (tertiary/aromatic N) is 1. The van der Waals surface area contributed by atoms with Gasteiger partial charge in [-0.05, 0) is 26.2 Å². The summed E-state index contributed by atoms with van der Waals surface area (Å²) in [5.74, 6) is -0.110. The van der Waals surface area contributed by atoms with Crippen LogP contribution < -0.4 is 11.2 Å². The summed E-state index contributed by atoms with van der Waals surface area (Å²) >= 11 is 0. The lowest BCUT2D eigenvalue weighted by atomic mass is 9.84. The van der Waals surface area contributed by atoms with Gasteiger partial charge in [0.05, 0.1) is 6.10 Å². The maximum absolute atomic E-state index is 11.7. The Hall–Kier alpha value is -1.40. The van der Waals surface area contributed by atoms with Crippen LogP contribution in [-0.4, -0.2) is 32.5 Å². The largest absolute Gasteiger partial charge is 0.396 e. The summed E-state index contributed by atoms with van der Waals surface area (Å²) < 4.78 is 1.48. The second kappa shape index (κ2) is 5.07. The van der Waals surface area contributed by atoms with Crippen LogP contribution in [-0.2, 0) is 0 Å². The highest BCUT2D eigenvalue weighted by atomic mass is 16.3. The van der Waals surface area contributed by atoms with Crippen LogP contribution in [0.25, 0.3) is 0 Å². The molecule has 1 heterocycles. The topological polar surface area (TPSA) is 95.3 Å². The van der Waals surface area contributed by atoms with E-state index in [0.717, 1.165) is 0 Å². The van der Waals surface area contributed by atoms with Gasteiger partial charge in [0, 0.05) is 30.3 Å². The number of hydrogen-bond donors (Lipinski definition) is 3. The van der Waals surface area contributed by atoms with Crippen molar-refractivity contribution in [1.29, 1.82) is 0 Å². The number of hydrogen-bond acceptors (Lipinski definition) is 4. The Morgan fingerprint density at radius 1 is 1.44 bits per heavy atom. The van der Waals surface area contributed by atoms with Crippen LogP contribution in [0.15, 0.2) is 15.8 Å². The molecule has 0 unspecified atom stereocenters. The second-order valence-electron chi connectivity index (χ2n) is 4.96. The molecule has 0 aliphatic heterocycles. The minimum atomic E-state index is -0.604. The maximum atomic E-state index is 11.7. The molecular weight excluding hydrogens is 236 g/mol. The van der Waals surface area contributed by atoms with E-state index in [-0.39, 0.29) is 24.1 Å². The van der Waals surface area contributed by atoms with Gasteiger partial charge in [-0.25, -0.2) is 4.79 Å². The van der Waals surface area contributed by atoms with E-state index < -0.39 is 11.8 Å². The Morgan fingerprint density at radius 2 is 2.17 bits per heavy atom. The zero-order chi connectivity index (χ0) is 13.3. The van der Waals surface area contributed by atoms with Crippen molar-refractivity contribution in [2.45, 2.75) is 38.3 Å². The molecule has 1 aromatic heterocycles. The Kier molecular flexibility index (Phi) is 3.68. The average molecular weight is 254 g/mol. The lowest BCUT2D eigenvalue weighted by molar-refractivity contribution is 0.0175. The number of H-pyrrole nitrogens is 1. The zero-order valence-electron chi connectivity index (χ0n) is 10.3. The number of rotatable bonds is 2. The van der Waals surface area contributed by atoms with Gasteiger partial charge >= 0.3 is 5.69 Å². The van der Waals surface area contributed by atoms with Gasteiger partial charge in [-0.2, -0.15) is 0 Å². The number of aliphatic hydroxyl groups is 2. The number of aromatic nitrogens is 2. The molecule has 6 nitrogen and oxygen atoms in total. The number of aryl methyl sites for hydroxylation is 1. The molecule has 0 spiro atoms. The van der Waals surface area contributed by atoms with Crippen LogP contribution in [0, 0.1) is 12.8 Å². The third-order valence-corrected chi connectivity index (χ3v) is 3.70. The Balaban J connectivity index is 2.26. The highest BCUT2D eigenvalue weighted by Crippen LogP contribution is 2.31. The molecule has 18 heavy (non-hydrogen) atoms. The fourth-order valence-corrected chi connectivity index (χ4v) is 2.51. The molecule has 6 heteroatoms. The van der Waals surface area contributed by atoms with Gasteiger partial charge in [0.2, 0.25) is 0 Å². The van der Waals surface area contributed by atoms with Crippen LogP contribution in [0.4, 0.5) is 0 Å². The molecule has 1 aliphatic carbocycles. The summed E-state index contributed by atoms with van der Waals surface area (Å²) in [5, 5.41) is 18.9. The molecule has 100 valence electrons. The molecule has 0 saturated heterocycles. The van der Waals surface area contributed by atoms with E-state index >= 15 is 0 Å². The molecular formula is C12H18N2O4. The molecule has 0 bridgehead atoms. The third-order valence-electron chi connectivity index (χ3n) is 3.70. The Labute approximate surface area is 104 Å². The first-order valence-electron chi connectivity index (χ1n) is 6.14. The highest BCUT2D eigenvalue weighted by Gasteiger charge is 2.30. The fourth-order valence-electron chi connectivity index (χ4n) is 2.51. The smallest absolute Gasteiger partial charge is 0.328 e. The zero-order valence-corrected chi connectivity index (χ0v) is 10.3. The fraction of sp³-hybridized carbons (Fsp3) is 0.667. The van der Waals surface area contributed by atoms with E-state index in [1.54, 1.807) is 6.92 Å². The molecule has 3 N–H and O–H groups in total. The molecule has 0 aromatic carbocycles. The molecule has 1 saturated carbocycles. The number of nitrogens with one attached hydrogen (secondary N) is 1. The van der Waals surface area contributed by atoms with Gasteiger partial charge < -0.3 is 10.2 Å². The normalized spacial score (nSPS) is 28.3. The standard InChI is InChI=1S/C12H18N2O4/c1-7-5-14(12(18)13-11(7)17)9-3-2-8(6-15)10(16)4-9/h5,8-10,15-16H,2-4,6H2,1H3,(H,13,17,18)/t8-,9+,10+/m1/s1. The van der Waals surface area contributed by atoms with Gasteiger partial charge in [-0.1, -0.05) is 0 Å². The summed E-state index contributed by atoms with van der Waals surface area (Å²) in [6.07, 6.45) is 2.75. The van der Waals surface area contributed by atoms with Crippen molar-refractivity contribution < 1.29 is 10.2 Å². The van der Waals surface area contributed by atoms with Crippen LogP contribution in [0.3, 0.4) is 0 Å². The molecule has 2 rings (SSSR count). The van der Waals surface area contributed by atoms with E-state index in [1.807, 2.05) is 0 Å². The van der Waals surface area contributed by atoms with E-state index in [1.165, 1.54) is 10.8 Å². The predicted octanol–water partition coefficient (Wildman–Crippen LogP) is -0.461. The van der Waals surface area contributed by atoms with Crippen molar-refractivity contribution in [3.8, 4) is 0 Å². The Morgan fingerprint density at radius 3 is 2.78 bits per heavy atom. The number of aliphatic hydroxyl groups excluding tert-OH is 2. The van der Waals surface area contributed by atoms with Crippen LogP contribution >= 0.6 is 0 Å². The molecule has 1 fully saturated rings. The molecule has 3 atom stereocenters. The summed E-state index contributed by atoms with van der Waals surface area (Å²) in [6, 6.07) is -0.120. The summed E-state index contributed by atoms with van der Waals surface area (Å²) in [5.41, 5.74) is -0.334. The maximum Gasteiger partial charge on any atom is 0.328 e. The molecule has 1 aliphatic rings. The molecule has 1 aromatic rings. The van der Waals surface area contributed by atoms with Crippen molar-refractivity contribution >= 4 is 0 Å². The second-order valence-corrected chi connectivity index (χ2v) is 4.96. The summed E-state index contributed by atoms with van der Waals surface area (Å²) in [7, 11) is 0. The van der Waals surface area contributed by atoms with Crippen molar-refractivity contribution in [1.82, 2.24) is 9.55 Å². The minimum absolute atomic E-state index is 0.0343. The van der Waals surface area contributed by atoms with Gasteiger partial charge in [0.15, 0.2) is 0 Å². The first kappa shape index (κ1) is 13.0. The van der Waals surface area contributed by atoms with Crippen LogP contribution in [0.2, 0.25) is 0 Å². The van der Waals surface area contributed by atoms with E-state index in [9.17, 15) is 14.7 Å². The lowest BCUT2D eigenvalue weighted by Gasteiger charge is -2.32. The van der Waals surface area contributed by atoms with Crippen molar-refractivity contribution in [2.24, 2.45) is 5.92 Å². The minimum Gasteiger partial charge on any atom is -0.396 e. The lowest BCUT2D eigenvalue weighted by Crippen LogP contribution is -2.39. The summed E-state index contributed by atoms with van der Waals surface area (Å²) in [4.78, 5) is 25.3. The average Bonchev–Trinajstić information content (AvgIpc) is 2.33. The third kappa shape index (κ3) is 2.39. The van der Waals surface area contributed by atoms with Crippen molar-refractivity contribution in [2.75, 3.05) is 6.61 Å². The number of aromatic amines is 1. The monoisotopic (exact) mass is 254 g/mol. The van der Waals surface area contributed by atoms with E-state index in [4.69, 9.17) is 5.11 Å². The van der Waals surface area contributed by atoms with Gasteiger partial charge in [0.25, 0.3) is 5.56 Å². The van der Waals surface area contributed by atoms with Crippen LogP contribution in [0.1, 0.15) is 30.9 Å². The molecule has 0 amide bonds. The first-order valence-corrected chi connectivity index (χ1v) is 6.14. The molecule has 0 radical (unpaired) electrons. The van der Waals surface area contributed by atoms with E-state index in [2.05, 4.69) is 4.98 Å². The highest BCUT2D eigenvalue weighted by molar-refractivity contribution is 5.02. The SMILES string of the molecule is Cc1cn([C@H]2CC[C@H](CO)[C@@H](O)C2)c(=O)[nH]c1=O. The van der Waals surface area contributed by atoms with Crippen LogP contribution in [0.5, 0.6) is 0 Å². The van der Waals surface area contributed by atoms with Crippen molar-refractivity contribution in [3.63, 3.8) is 0 Å². The van der Waals surface area contributed by atoms with E-state index in [0.29, 0.717) is 24.8 Å².